The number of rotatable bonds is 7. The number of alkyl halides is 1. The number of halogens is 2. The normalized spacial score (nSPS) is 11.9. The Bertz CT molecular complexity index is 1250. The molecule has 0 spiro atoms. The van der Waals surface area contributed by atoms with Crippen LogP contribution in [0.25, 0.3) is 11.0 Å². The van der Waals surface area contributed by atoms with Gasteiger partial charge >= 0.3 is 11.7 Å². The zero-order valence-electron chi connectivity index (χ0n) is 17.5. The van der Waals surface area contributed by atoms with Gasteiger partial charge in [0.25, 0.3) is 0 Å². The Morgan fingerprint density at radius 1 is 1.25 bits per heavy atom. The highest BCUT2D eigenvalue weighted by Crippen LogP contribution is 2.33. The van der Waals surface area contributed by atoms with Crippen LogP contribution in [0.5, 0.6) is 5.75 Å². The van der Waals surface area contributed by atoms with Gasteiger partial charge < -0.3 is 14.1 Å². The van der Waals surface area contributed by atoms with Crippen LogP contribution in [0.15, 0.2) is 45.6 Å². The zero-order chi connectivity index (χ0) is 23.4. The molecule has 1 unspecified atom stereocenters. The maximum Gasteiger partial charge on any atom is 0.414 e. The molecule has 0 radical (unpaired) electrons. The molecule has 32 heavy (non-hydrogen) atoms. The standard InChI is InChI=1S/C21H21ClFN3O5S/c1-24-32(29)25-13-6-4-5-12(7-13)8-15-16(11-23)14-9-17(22)19(31-21(28)26(2)3)10-18(14)30-20(15)27/h4-7,9-10,24-25H,8,11H2,1-3H3. The van der Waals surface area contributed by atoms with Crippen molar-refractivity contribution in [1.29, 1.82) is 0 Å². The largest absolute Gasteiger partial charge is 0.422 e. The van der Waals surface area contributed by atoms with Gasteiger partial charge in [-0.15, -0.1) is 0 Å². The number of hydrogen-bond acceptors (Lipinski definition) is 5. The minimum atomic E-state index is -1.47. The third kappa shape index (κ3) is 5.26. The molecule has 0 aliphatic heterocycles. The van der Waals surface area contributed by atoms with Gasteiger partial charge in [0.2, 0.25) is 0 Å². The van der Waals surface area contributed by atoms with Crippen LogP contribution < -0.4 is 19.8 Å². The predicted octanol–water partition coefficient (Wildman–Crippen LogP) is 3.78. The number of nitrogens with zero attached hydrogens (tertiary/aromatic N) is 1. The highest BCUT2D eigenvalue weighted by molar-refractivity contribution is 7.84. The number of nitrogens with one attached hydrogen (secondary N) is 2. The molecule has 1 aromatic heterocycles. The Balaban J connectivity index is 2.03. The molecule has 2 N–H and O–H groups in total. The molecular formula is C21H21ClFN3O5S. The summed E-state index contributed by atoms with van der Waals surface area (Å²) in [6.07, 6.45) is -0.572. The SMILES string of the molecule is CNS(=O)Nc1cccc(Cc2c(CF)c3cc(Cl)c(OC(=O)N(C)C)cc3oc2=O)c1. The number of amides is 1. The summed E-state index contributed by atoms with van der Waals surface area (Å²) in [4.78, 5) is 25.7. The first-order valence-corrected chi connectivity index (χ1v) is 10.9. The number of carbonyl (C=O) groups excluding carboxylic acids is 1. The molecule has 170 valence electrons. The van der Waals surface area contributed by atoms with Gasteiger partial charge in [-0.25, -0.2) is 22.9 Å². The summed E-state index contributed by atoms with van der Waals surface area (Å²) in [7, 11) is 4.55. The summed E-state index contributed by atoms with van der Waals surface area (Å²) in [5, 5.41) is 0.380. The molecule has 0 aliphatic rings. The van der Waals surface area contributed by atoms with E-state index in [-0.39, 0.29) is 33.9 Å². The molecule has 8 nitrogen and oxygen atoms in total. The third-order valence-corrected chi connectivity index (χ3v) is 5.66. The Morgan fingerprint density at radius 2 is 2.00 bits per heavy atom. The highest BCUT2D eigenvalue weighted by Gasteiger charge is 2.19. The molecule has 1 amide bonds. The second kappa shape index (κ2) is 10.1. The van der Waals surface area contributed by atoms with Crippen LogP contribution >= 0.6 is 11.6 Å². The lowest BCUT2D eigenvalue weighted by atomic mass is 9.99. The second-order valence-corrected chi connectivity index (χ2v) is 8.53. The first-order valence-electron chi connectivity index (χ1n) is 9.41. The van der Waals surface area contributed by atoms with Crippen molar-refractivity contribution in [3.63, 3.8) is 0 Å². The van der Waals surface area contributed by atoms with E-state index in [0.717, 1.165) is 0 Å². The Labute approximate surface area is 191 Å². The van der Waals surface area contributed by atoms with Gasteiger partial charge in [-0.2, -0.15) is 0 Å². The summed E-state index contributed by atoms with van der Waals surface area (Å²) < 4.78 is 41.6. The van der Waals surface area contributed by atoms with Gasteiger partial charge in [0, 0.05) is 48.8 Å². The minimum Gasteiger partial charge on any atom is -0.422 e. The molecule has 1 atom stereocenters. The van der Waals surface area contributed by atoms with Crippen LogP contribution in [0, 0.1) is 0 Å². The van der Waals surface area contributed by atoms with Gasteiger partial charge in [0.05, 0.1) is 5.02 Å². The van der Waals surface area contributed by atoms with Gasteiger partial charge in [-0.1, -0.05) is 23.7 Å². The summed E-state index contributed by atoms with van der Waals surface area (Å²) in [5.74, 6) is -0.00474. The van der Waals surface area contributed by atoms with E-state index in [1.165, 1.54) is 31.1 Å². The fourth-order valence-electron chi connectivity index (χ4n) is 3.00. The predicted molar refractivity (Wildman–Crippen MR) is 122 cm³/mol. The molecule has 0 aliphatic carbocycles. The number of ether oxygens (including phenoxy) is 1. The van der Waals surface area contributed by atoms with Crippen molar-refractivity contribution in [1.82, 2.24) is 9.62 Å². The maximum atomic E-state index is 14.1. The molecule has 0 saturated carbocycles. The average molecular weight is 482 g/mol. The van der Waals surface area contributed by atoms with E-state index in [1.54, 1.807) is 31.3 Å². The molecule has 1 heterocycles. The van der Waals surface area contributed by atoms with Gasteiger partial charge in [-0.3, -0.25) is 4.72 Å². The number of anilines is 1. The topological polar surface area (TPSA) is 101 Å². The van der Waals surface area contributed by atoms with Crippen molar-refractivity contribution in [3.05, 3.63) is 68.5 Å². The van der Waals surface area contributed by atoms with Crippen LogP contribution in [0.4, 0.5) is 14.9 Å². The lowest BCUT2D eigenvalue weighted by molar-refractivity contribution is 0.172. The van der Waals surface area contributed by atoms with E-state index < -0.39 is 29.6 Å². The number of benzene rings is 2. The molecule has 2 aromatic carbocycles. The summed E-state index contributed by atoms with van der Waals surface area (Å²) in [5.41, 5.74) is 0.873. The maximum absolute atomic E-state index is 14.1. The molecule has 11 heteroatoms. The van der Waals surface area contributed by atoms with Gasteiger partial charge in [0.15, 0.2) is 16.9 Å². The Morgan fingerprint density at radius 3 is 2.66 bits per heavy atom. The fourth-order valence-corrected chi connectivity index (χ4v) is 3.65. The molecule has 3 rings (SSSR count). The lowest BCUT2D eigenvalue weighted by Gasteiger charge is -2.14. The number of hydrogen-bond donors (Lipinski definition) is 2. The summed E-state index contributed by atoms with van der Waals surface area (Å²) in [6, 6.07) is 9.61. The third-order valence-electron chi connectivity index (χ3n) is 4.57. The van der Waals surface area contributed by atoms with Crippen LogP contribution in [0.2, 0.25) is 5.02 Å². The average Bonchev–Trinajstić information content (AvgIpc) is 2.75. The number of carbonyl (C=O) groups is 1. The van der Waals surface area contributed by atoms with Crippen molar-refractivity contribution >= 4 is 45.5 Å². The van der Waals surface area contributed by atoms with Crippen molar-refractivity contribution in [3.8, 4) is 5.75 Å². The molecule has 0 saturated heterocycles. The van der Waals surface area contributed by atoms with Gasteiger partial charge in [0.1, 0.15) is 12.3 Å². The zero-order valence-corrected chi connectivity index (χ0v) is 19.1. The van der Waals surface area contributed by atoms with Crippen LogP contribution in [-0.4, -0.2) is 36.3 Å². The van der Waals surface area contributed by atoms with E-state index >= 15 is 0 Å². The van der Waals surface area contributed by atoms with Crippen LogP contribution in [-0.2, 0) is 24.3 Å². The molecule has 0 fully saturated rings. The second-order valence-electron chi connectivity index (χ2n) is 6.97. The van der Waals surface area contributed by atoms with Gasteiger partial charge in [-0.05, 0) is 30.8 Å². The highest BCUT2D eigenvalue weighted by atomic mass is 35.5. The van der Waals surface area contributed by atoms with E-state index in [4.69, 9.17) is 20.8 Å². The number of fused-ring (bicyclic) bond motifs is 1. The van der Waals surface area contributed by atoms with E-state index in [2.05, 4.69) is 9.44 Å². The summed E-state index contributed by atoms with van der Waals surface area (Å²) in [6.45, 7) is -0.924. The Kier molecular flexibility index (Phi) is 7.49. The van der Waals surface area contributed by atoms with Crippen LogP contribution in [0.1, 0.15) is 16.7 Å². The van der Waals surface area contributed by atoms with E-state index in [1.807, 2.05) is 0 Å². The Hall–Kier alpha value is -2.95. The van der Waals surface area contributed by atoms with Crippen molar-refractivity contribution in [2.24, 2.45) is 0 Å². The van der Waals surface area contributed by atoms with Crippen molar-refractivity contribution in [2.45, 2.75) is 13.1 Å². The van der Waals surface area contributed by atoms with Crippen LogP contribution in [0.3, 0.4) is 0 Å². The molecule has 3 aromatic rings. The monoisotopic (exact) mass is 481 g/mol. The molecule has 0 bridgehead atoms. The van der Waals surface area contributed by atoms with Crippen molar-refractivity contribution in [2.75, 3.05) is 25.9 Å². The fraction of sp³-hybridized carbons (Fsp3) is 0.238. The molecular weight excluding hydrogens is 461 g/mol. The first-order chi connectivity index (χ1) is 15.2. The summed E-state index contributed by atoms with van der Waals surface area (Å²) >= 11 is 4.77. The van der Waals surface area contributed by atoms with E-state index in [9.17, 15) is 18.2 Å². The lowest BCUT2D eigenvalue weighted by Crippen LogP contribution is -2.25. The first kappa shape index (κ1) is 23.7. The van der Waals surface area contributed by atoms with Crippen molar-refractivity contribution < 1.29 is 22.5 Å². The van der Waals surface area contributed by atoms with E-state index in [0.29, 0.717) is 16.6 Å². The smallest absolute Gasteiger partial charge is 0.414 e. The quantitative estimate of drug-likeness (QED) is 0.500. The minimum absolute atomic E-state index is 0.00474.